The molecule has 0 aromatic rings. The lowest BCUT2D eigenvalue weighted by molar-refractivity contribution is 0.174. The van der Waals surface area contributed by atoms with E-state index in [0.29, 0.717) is 6.32 Å². The highest BCUT2D eigenvalue weighted by molar-refractivity contribution is 6.71. The molecule has 0 amide bonds. The molecule has 0 unspecified atom stereocenters. The van der Waals surface area contributed by atoms with Crippen molar-refractivity contribution >= 4 is 13.1 Å². The van der Waals surface area contributed by atoms with E-state index < -0.39 is 5.87 Å². The van der Waals surface area contributed by atoms with Crippen LogP contribution in [-0.2, 0) is 4.84 Å². The predicted octanol–water partition coefficient (Wildman–Crippen LogP) is 0.139. The van der Waals surface area contributed by atoms with Crippen LogP contribution in [0.2, 0.25) is 6.32 Å². The first-order valence-corrected chi connectivity index (χ1v) is 2.05. The minimum atomic E-state index is -0.470. The maximum absolute atomic E-state index is 10.0. The average Bonchev–Trinajstić information content (AvgIpc) is 1.68. The molecule has 0 aromatic carbocycles. The van der Waals surface area contributed by atoms with E-state index in [9.17, 15) is 4.79 Å². The summed E-state index contributed by atoms with van der Waals surface area (Å²) in [4.78, 5) is 13.8. The molecule has 4 heteroatoms. The van der Waals surface area contributed by atoms with E-state index in [2.05, 4.69) is 10.7 Å². The third-order valence-electron chi connectivity index (χ3n) is 0.487. The van der Waals surface area contributed by atoms with Gasteiger partial charge >= 0.3 is 0 Å². The molecule has 3 nitrogen and oxygen atoms in total. The number of hydrogen-bond acceptors (Lipinski definition) is 3. The van der Waals surface area contributed by atoms with Crippen molar-refractivity contribution in [3.05, 3.63) is 0 Å². The normalized spacial score (nSPS) is 7.71. The Balaban J connectivity index is 3.00. The van der Waals surface area contributed by atoms with E-state index in [-0.39, 0.29) is 0 Å². The molecule has 0 aliphatic rings. The monoisotopic (exact) mass is 100 g/mol. The zero-order chi connectivity index (χ0) is 5.70. The van der Waals surface area contributed by atoms with Crippen LogP contribution < -0.4 is 5.90 Å². The number of rotatable bonds is 2. The van der Waals surface area contributed by atoms with Gasteiger partial charge in [0.1, 0.15) is 0 Å². The fraction of sp³-hybridized carbons (Fsp3) is 0.667. The molecule has 0 fully saturated rings. The van der Waals surface area contributed by atoms with Gasteiger partial charge in [-0.2, -0.15) is 5.90 Å². The lowest BCUT2D eigenvalue weighted by Crippen LogP contribution is -2.13. The summed E-state index contributed by atoms with van der Waals surface area (Å²) in [7, 11) is 1.36. The third-order valence-corrected chi connectivity index (χ3v) is 0.487. The van der Waals surface area contributed by atoms with Crippen molar-refractivity contribution in [1.82, 2.24) is 0 Å². The summed E-state index contributed by atoms with van der Waals surface area (Å²) < 4.78 is 0. The average molecular weight is 99.9 g/mol. The fourth-order valence-corrected chi connectivity index (χ4v) is 0.215. The van der Waals surface area contributed by atoms with Gasteiger partial charge in [0.15, 0.2) is 0 Å². The molecular weight excluding hydrogens is 92.9 g/mol. The number of hydrogen-bond donors (Lipinski definition) is 1. The van der Waals surface area contributed by atoms with Crippen LogP contribution in [0.1, 0.15) is 6.92 Å². The van der Waals surface area contributed by atoms with Gasteiger partial charge in [-0.1, -0.05) is 13.2 Å². The van der Waals surface area contributed by atoms with Crippen LogP contribution in [0.4, 0.5) is 4.79 Å². The fourth-order valence-electron chi connectivity index (χ4n) is 0.215. The highest BCUT2D eigenvalue weighted by Crippen LogP contribution is 1.76. The minimum absolute atomic E-state index is 0.470. The molecule has 0 heterocycles. The summed E-state index contributed by atoms with van der Waals surface area (Å²) >= 11 is 0. The molecule has 0 aliphatic carbocycles. The van der Waals surface area contributed by atoms with Crippen molar-refractivity contribution in [2.24, 2.45) is 5.90 Å². The molecular formula is C3H7BNO2. The Morgan fingerprint density at radius 3 is 2.71 bits per heavy atom. The Bertz CT molecular complexity index is 66.0. The molecule has 39 valence electrons. The summed E-state index contributed by atoms with van der Waals surface area (Å²) in [6.07, 6.45) is 0.663. The lowest BCUT2D eigenvalue weighted by Gasteiger charge is -1.88. The first kappa shape index (κ1) is 6.49. The van der Waals surface area contributed by atoms with Crippen LogP contribution >= 0.6 is 0 Å². The van der Waals surface area contributed by atoms with E-state index >= 15 is 0 Å². The topological polar surface area (TPSA) is 52.3 Å². The summed E-state index contributed by atoms with van der Waals surface area (Å²) in [6.45, 7) is 1.83. The largest absolute Gasteiger partial charge is 0.386 e. The third kappa shape index (κ3) is 3.32. The van der Waals surface area contributed by atoms with Crippen molar-refractivity contribution in [2.45, 2.75) is 13.2 Å². The van der Waals surface area contributed by atoms with Gasteiger partial charge in [-0.15, -0.1) is 0 Å². The Labute approximate surface area is 43.0 Å². The van der Waals surface area contributed by atoms with Gasteiger partial charge in [-0.25, -0.2) is 0 Å². The van der Waals surface area contributed by atoms with Crippen LogP contribution in [0.3, 0.4) is 0 Å². The van der Waals surface area contributed by atoms with E-state index in [1.165, 1.54) is 7.28 Å². The minimum Gasteiger partial charge on any atom is -0.386 e. The Hall–Kier alpha value is -0.505. The second kappa shape index (κ2) is 3.68. The van der Waals surface area contributed by atoms with Crippen molar-refractivity contribution in [2.75, 3.05) is 0 Å². The quantitative estimate of drug-likeness (QED) is 0.396. The molecule has 2 N–H and O–H groups in total. The zero-order valence-electron chi connectivity index (χ0n) is 4.18. The molecule has 0 rings (SSSR count). The SMILES string of the molecule is CC[B]C(=O)ON. The van der Waals surface area contributed by atoms with E-state index in [0.717, 1.165) is 0 Å². The first-order valence-electron chi connectivity index (χ1n) is 2.05. The molecule has 7 heavy (non-hydrogen) atoms. The zero-order valence-corrected chi connectivity index (χ0v) is 4.18. The van der Waals surface area contributed by atoms with Crippen molar-refractivity contribution in [3.8, 4) is 0 Å². The summed E-state index contributed by atoms with van der Waals surface area (Å²) in [6, 6.07) is 0. The van der Waals surface area contributed by atoms with Gasteiger partial charge in [0.25, 0.3) is 13.1 Å². The van der Waals surface area contributed by atoms with Gasteiger partial charge < -0.3 is 4.84 Å². The summed E-state index contributed by atoms with van der Waals surface area (Å²) in [5.74, 6) is 4.01. The maximum Gasteiger partial charge on any atom is 0.265 e. The summed E-state index contributed by atoms with van der Waals surface area (Å²) in [5.41, 5.74) is 0. The molecule has 1 radical (unpaired) electrons. The van der Waals surface area contributed by atoms with Crippen molar-refractivity contribution in [1.29, 1.82) is 0 Å². The molecule has 0 aliphatic heterocycles. The molecule has 0 saturated carbocycles. The van der Waals surface area contributed by atoms with Gasteiger partial charge in [0.2, 0.25) is 0 Å². The molecule has 0 atom stereocenters. The number of carbonyl (C=O) groups is 1. The van der Waals surface area contributed by atoms with Crippen LogP contribution in [0, 0.1) is 0 Å². The first-order chi connectivity index (χ1) is 3.31. The molecule has 0 spiro atoms. The van der Waals surface area contributed by atoms with Crippen molar-refractivity contribution in [3.63, 3.8) is 0 Å². The van der Waals surface area contributed by atoms with E-state index in [1.807, 2.05) is 6.92 Å². The van der Waals surface area contributed by atoms with Gasteiger partial charge in [0, 0.05) is 0 Å². The highest BCUT2D eigenvalue weighted by Gasteiger charge is 1.97. The molecule has 0 saturated heterocycles. The van der Waals surface area contributed by atoms with E-state index in [4.69, 9.17) is 0 Å². The number of nitrogens with two attached hydrogens (primary N) is 1. The Kier molecular flexibility index (Phi) is 3.41. The maximum atomic E-state index is 10.0. The lowest BCUT2D eigenvalue weighted by atomic mass is 9.76. The van der Waals surface area contributed by atoms with Crippen LogP contribution in [0.5, 0.6) is 0 Å². The second-order valence-electron chi connectivity index (χ2n) is 1.05. The second-order valence-corrected chi connectivity index (χ2v) is 1.05. The standard InChI is InChI=1S/C3H7BNO2/c1-2-4-3(6)7-5/h2,5H2,1H3. The summed E-state index contributed by atoms with van der Waals surface area (Å²) in [5, 5.41) is 0. The molecule has 0 aromatic heterocycles. The Morgan fingerprint density at radius 2 is 2.57 bits per heavy atom. The van der Waals surface area contributed by atoms with E-state index in [1.54, 1.807) is 0 Å². The van der Waals surface area contributed by atoms with Crippen LogP contribution in [0.15, 0.2) is 0 Å². The van der Waals surface area contributed by atoms with Gasteiger partial charge in [-0.3, -0.25) is 4.79 Å². The Morgan fingerprint density at radius 1 is 2.00 bits per heavy atom. The van der Waals surface area contributed by atoms with Gasteiger partial charge in [0.05, 0.1) is 0 Å². The molecule has 0 bridgehead atoms. The smallest absolute Gasteiger partial charge is 0.265 e. The number of carbonyl (C=O) groups excluding carboxylic acids is 1. The van der Waals surface area contributed by atoms with Crippen LogP contribution in [-0.4, -0.2) is 13.1 Å². The predicted molar refractivity (Wildman–Crippen MR) is 26.9 cm³/mol. The highest BCUT2D eigenvalue weighted by atomic mass is 16.6. The van der Waals surface area contributed by atoms with Gasteiger partial charge in [-0.05, 0) is 0 Å². The van der Waals surface area contributed by atoms with Crippen molar-refractivity contribution < 1.29 is 9.63 Å². The van der Waals surface area contributed by atoms with Crippen LogP contribution in [0.25, 0.3) is 0 Å².